The predicted octanol–water partition coefficient (Wildman–Crippen LogP) is 3.51. The summed E-state index contributed by atoms with van der Waals surface area (Å²) in [6.45, 7) is 7.73. The van der Waals surface area contributed by atoms with Gasteiger partial charge in [0.25, 0.3) is 11.8 Å². The second kappa shape index (κ2) is 8.55. The van der Waals surface area contributed by atoms with E-state index in [2.05, 4.69) is 31.1 Å². The summed E-state index contributed by atoms with van der Waals surface area (Å²) >= 11 is 0. The number of amides is 2. The quantitative estimate of drug-likeness (QED) is 0.846. The Hall–Kier alpha value is -2.37. The average Bonchev–Trinajstić information content (AvgIpc) is 3.07. The van der Waals surface area contributed by atoms with E-state index in [1.807, 2.05) is 23.1 Å². The van der Waals surface area contributed by atoms with Gasteiger partial charge in [0, 0.05) is 25.3 Å². The van der Waals surface area contributed by atoms with Gasteiger partial charge >= 0.3 is 0 Å². The third-order valence-electron chi connectivity index (χ3n) is 5.32. The Morgan fingerprint density at radius 1 is 1.30 bits per heavy atom. The highest BCUT2D eigenvalue weighted by molar-refractivity contribution is 6.02. The van der Waals surface area contributed by atoms with Gasteiger partial charge in [-0.2, -0.15) is 0 Å². The highest BCUT2D eigenvalue weighted by Crippen LogP contribution is 2.23. The SMILES string of the molecule is CCC1CCCCN1C(=O)c1nc(C(=O)NCCC(C)C)n2ccccc12. The number of imidazole rings is 1. The minimum absolute atomic E-state index is 0.0634. The molecule has 1 fully saturated rings. The predicted molar refractivity (Wildman–Crippen MR) is 106 cm³/mol. The molecule has 0 spiro atoms. The fourth-order valence-electron chi connectivity index (χ4n) is 3.74. The molecule has 2 amide bonds. The minimum atomic E-state index is -0.235. The number of nitrogens with zero attached hydrogens (tertiary/aromatic N) is 3. The monoisotopic (exact) mass is 370 g/mol. The Labute approximate surface area is 161 Å². The van der Waals surface area contributed by atoms with Crippen LogP contribution in [0.3, 0.4) is 0 Å². The third kappa shape index (κ3) is 4.15. The number of carbonyl (C=O) groups is 2. The molecule has 6 heteroatoms. The fourth-order valence-corrected chi connectivity index (χ4v) is 3.74. The number of likely N-dealkylation sites (tertiary alicyclic amines) is 1. The molecule has 1 N–H and O–H groups in total. The molecule has 6 nitrogen and oxygen atoms in total. The van der Waals surface area contributed by atoms with Crippen LogP contribution in [0.1, 0.15) is 74.0 Å². The fraction of sp³-hybridized carbons (Fsp3) is 0.571. The van der Waals surface area contributed by atoms with Gasteiger partial charge in [0.05, 0.1) is 5.52 Å². The van der Waals surface area contributed by atoms with Crippen LogP contribution in [0.25, 0.3) is 5.52 Å². The summed E-state index contributed by atoms with van der Waals surface area (Å²) in [5.74, 6) is 0.500. The Balaban J connectivity index is 1.90. The molecule has 1 aliphatic heterocycles. The molecular formula is C21H30N4O2. The molecule has 0 aromatic carbocycles. The first-order valence-electron chi connectivity index (χ1n) is 10.1. The molecule has 1 unspecified atom stereocenters. The molecule has 0 aliphatic carbocycles. The topological polar surface area (TPSA) is 66.7 Å². The highest BCUT2D eigenvalue weighted by Gasteiger charge is 2.30. The molecule has 1 aliphatic rings. The Kier molecular flexibility index (Phi) is 6.14. The third-order valence-corrected chi connectivity index (χ3v) is 5.32. The van der Waals surface area contributed by atoms with E-state index >= 15 is 0 Å². The maximum absolute atomic E-state index is 13.2. The van der Waals surface area contributed by atoms with E-state index in [4.69, 9.17) is 0 Å². The van der Waals surface area contributed by atoms with Crippen molar-refractivity contribution < 1.29 is 9.59 Å². The van der Waals surface area contributed by atoms with E-state index in [-0.39, 0.29) is 23.7 Å². The van der Waals surface area contributed by atoms with E-state index in [0.29, 0.717) is 23.7 Å². The number of carbonyl (C=O) groups excluding carboxylic acids is 2. The first-order chi connectivity index (χ1) is 13.0. The summed E-state index contributed by atoms with van der Waals surface area (Å²) in [5, 5.41) is 2.93. The minimum Gasteiger partial charge on any atom is -0.349 e. The molecule has 2 aromatic rings. The van der Waals surface area contributed by atoms with Crippen LogP contribution in [-0.4, -0.2) is 45.2 Å². The first kappa shape index (κ1) is 19.4. The van der Waals surface area contributed by atoms with E-state index in [0.717, 1.165) is 38.6 Å². The number of fused-ring (bicyclic) bond motifs is 1. The summed E-state index contributed by atoms with van der Waals surface area (Å²) in [4.78, 5) is 32.3. The molecule has 0 radical (unpaired) electrons. The van der Waals surface area contributed by atoms with E-state index in [1.165, 1.54) is 0 Å². The lowest BCUT2D eigenvalue weighted by atomic mass is 9.99. The summed E-state index contributed by atoms with van der Waals surface area (Å²) in [7, 11) is 0. The van der Waals surface area contributed by atoms with Crippen molar-refractivity contribution in [2.75, 3.05) is 13.1 Å². The van der Waals surface area contributed by atoms with Crippen molar-refractivity contribution in [1.29, 1.82) is 0 Å². The van der Waals surface area contributed by atoms with Gasteiger partial charge in [-0.25, -0.2) is 4.98 Å². The van der Waals surface area contributed by atoms with Crippen LogP contribution in [-0.2, 0) is 0 Å². The van der Waals surface area contributed by atoms with Gasteiger partial charge in [-0.3, -0.25) is 14.0 Å². The Morgan fingerprint density at radius 2 is 2.11 bits per heavy atom. The van der Waals surface area contributed by atoms with Gasteiger partial charge in [0.15, 0.2) is 5.69 Å². The lowest BCUT2D eigenvalue weighted by Gasteiger charge is -2.34. The molecule has 146 valence electrons. The zero-order chi connectivity index (χ0) is 19.4. The van der Waals surface area contributed by atoms with Crippen LogP contribution >= 0.6 is 0 Å². The number of rotatable bonds is 6. The lowest BCUT2D eigenvalue weighted by molar-refractivity contribution is 0.0604. The highest BCUT2D eigenvalue weighted by atomic mass is 16.2. The smallest absolute Gasteiger partial charge is 0.287 e. The second-order valence-corrected chi connectivity index (χ2v) is 7.73. The van der Waals surface area contributed by atoms with Crippen molar-refractivity contribution in [3.8, 4) is 0 Å². The van der Waals surface area contributed by atoms with Crippen LogP contribution in [0.2, 0.25) is 0 Å². The van der Waals surface area contributed by atoms with Crippen molar-refractivity contribution in [2.45, 2.75) is 58.9 Å². The van der Waals surface area contributed by atoms with Gasteiger partial charge in [-0.15, -0.1) is 0 Å². The Bertz CT molecular complexity index is 812. The van der Waals surface area contributed by atoms with Crippen molar-refractivity contribution in [3.63, 3.8) is 0 Å². The molecule has 1 saturated heterocycles. The van der Waals surface area contributed by atoms with Gasteiger partial charge in [-0.05, 0) is 50.2 Å². The molecule has 1 atom stereocenters. The number of aromatic nitrogens is 2. The van der Waals surface area contributed by atoms with Crippen molar-refractivity contribution in [3.05, 3.63) is 35.9 Å². The standard InChI is InChI=1S/C21H30N4O2/c1-4-16-9-5-7-13-24(16)21(27)18-17-10-6-8-14-25(17)19(23-18)20(26)22-12-11-15(2)3/h6,8,10,14-16H,4-5,7,9,11-13H2,1-3H3,(H,22,26). The molecule has 2 aromatic heterocycles. The van der Waals surface area contributed by atoms with Gasteiger partial charge < -0.3 is 10.2 Å². The molecular weight excluding hydrogens is 340 g/mol. The number of hydrogen-bond acceptors (Lipinski definition) is 3. The number of hydrogen-bond donors (Lipinski definition) is 1. The number of pyridine rings is 1. The summed E-state index contributed by atoms with van der Waals surface area (Å²) < 4.78 is 1.73. The maximum Gasteiger partial charge on any atom is 0.287 e. The molecule has 0 bridgehead atoms. The maximum atomic E-state index is 13.2. The van der Waals surface area contributed by atoms with Crippen molar-refractivity contribution >= 4 is 17.3 Å². The zero-order valence-corrected chi connectivity index (χ0v) is 16.6. The number of piperidine rings is 1. The summed E-state index contributed by atoms with van der Waals surface area (Å²) in [6.07, 6.45) is 6.87. The average molecular weight is 370 g/mol. The molecule has 3 heterocycles. The second-order valence-electron chi connectivity index (χ2n) is 7.73. The molecule has 0 saturated carbocycles. The van der Waals surface area contributed by atoms with E-state index in [1.54, 1.807) is 10.6 Å². The zero-order valence-electron chi connectivity index (χ0n) is 16.6. The summed E-state index contributed by atoms with van der Waals surface area (Å²) in [6, 6.07) is 5.84. The van der Waals surface area contributed by atoms with E-state index < -0.39 is 0 Å². The van der Waals surface area contributed by atoms with Crippen LogP contribution in [0.4, 0.5) is 0 Å². The Morgan fingerprint density at radius 3 is 2.85 bits per heavy atom. The van der Waals surface area contributed by atoms with Gasteiger partial charge in [-0.1, -0.05) is 26.8 Å². The van der Waals surface area contributed by atoms with Crippen LogP contribution in [0.5, 0.6) is 0 Å². The van der Waals surface area contributed by atoms with Crippen LogP contribution in [0, 0.1) is 5.92 Å². The van der Waals surface area contributed by atoms with Gasteiger partial charge in [0.2, 0.25) is 5.82 Å². The van der Waals surface area contributed by atoms with Crippen LogP contribution < -0.4 is 5.32 Å². The van der Waals surface area contributed by atoms with E-state index in [9.17, 15) is 9.59 Å². The lowest BCUT2D eigenvalue weighted by Crippen LogP contribution is -2.43. The number of nitrogens with one attached hydrogen (secondary N) is 1. The largest absolute Gasteiger partial charge is 0.349 e. The normalized spacial score (nSPS) is 17.5. The first-order valence-corrected chi connectivity index (χ1v) is 10.1. The summed E-state index contributed by atoms with van der Waals surface area (Å²) in [5.41, 5.74) is 1.07. The van der Waals surface area contributed by atoms with Crippen molar-refractivity contribution in [1.82, 2.24) is 19.6 Å². The molecule has 27 heavy (non-hydrogen) atoms. The van der Waals surface area contributed by atoms with Crippen molar-refractivity contribution in [2.24, 2.45) is 5.92 Å². The van der Waals surface area contributed by atoms with Crippen LogP contribution in [0.15, 0.2) is 24.4 Å². The van der Waals surface area contributed by atoms with Gasteiger partial charge in [0.1, 0.15) is 0 Å². The molecule has 3 rings (SSSR count).